The Morgan fingerprint density at radius 2 is 1.73 bits per heavy atom. The van der Waals surface area contributed by atoms with E-state index in [4.69, 9.17) is 9.84 Å². The lowest BCUT2D eigenvalue weighted by Crippen LogP contribution is -2.32. The molecule has 0 spiro atoms. The van der Waals surface area contributed by atoms with Crippen molar-refractivity contribution in [1.29, 1.82) is 0 Å². The number of nitrogens with zero attached hydrogens (tertiary/aromatic N) is 1. The number of carbonyl (C=O) groups excluding carboxylic acids is 2. The Hall–Kier alpha value is -3.72. The van der Waals surface area contributed by atoms with Crippen molar-refractivity contribution in [2.24, 2.45) is 5.92 Å². The minimum atomic E-state index is -0.964. The number of carboxylic acid groups (broad SMARTS) is 1. The Labute approximate surface area is 194 Å². The van der Waals surface area contributed by atoms with Crippen LogP contribution in [-0.4, -0.2) is 41.2 Å². The normalized spacial score (nSPS) is 13.0. The number of anilines is 1. The highest BCUT2D eigenvalue weighted by molar-refractivity contribution is 7.14. The zero-order valence-electron chi connectivity index (χ0n) is 17.9. The third-order valence-corrected chi connectivity index (χ3v) is 6.40. The van der Waals surface area contributed by atoms with Gasteiger partial charge in [0.25, 0.3) is 5.91 Å². The highest BCUT2D eigenvalue weighted by atomic mass is 32.1. The molecule has 1 heterocycles. The molecule has 1 atom stereocenters. The van der Waals surface area contributed by atoms with Crippen LogP contribution >= 0.6 is 11.3 Å². The van der Waals surface area contributed by atoms with Gasteiger partial charge in [-0.25, -0.2) is 9.78 Å². The molecule has 170 valence electrons. The summed E-state index contributed by atoms with van der Waals surface area (Å²) < 4.78 is 5.48. The van der Waals surface area contributed by atoms with Crippen LogP contribution in [0.5, 0.6) is 0 Å². The lowest BCUT2D eigenvalue weighted by Gasteiger charge is -2.14. The third kappa shape index (κ3) is 4.88. The number of benzene rings is 2. The van der Waals surface area contributed by atoms with E-state index in [0.717, 1.165) is 33.6 Å². The topological polar surface area (TPSA) is 118 Å². The monoisotopic (exact) mass is 465 g/mol. The van der Waals surface area contributed by atoms with Gasteiger partial charge in [0.2, 0.25) is 0 Å². The van der Waals surface area contributed by atoms with Crippen molar-refractivity contribution >= 4 is 34.4 Å². The first kappa shape index (κ1) is 22.5. The van der Waals surface area contributed by atoms with Gasteiger partial charge in [-0.2, -0.15) is 0 Å². The molecule has 8 nitrogen and oxygen atoms in total. The standard InChI is InChI=1S/C24H23N3O5S/c1-2-14(22(29)30)11-25-21(28)20-13-33-23(26-20)27-24(31)32-12-19-17-9-5-3-7-15(17)16-8-4-6-10-18(16)19/h3-10,13-14,19H,2,11-12H2,1H3,(H,25,28)(H,29,30)(H,26,27,31). The highest BCUT2D eigenvalue weighted by Gasteiger charge is 2.29. The molecule has 0 aliphatic heterocycles. The first-order chi connectivity index (χ1) is 16.0. The van der Waals surface area contributed by atoms with E-state index in [1.807, 2.05) is 36.4 Å². The average molecular weight is 466 g/mol. The lowest BCUT2D eigenvalue weighted by molar-refractivity contribution is -0.141. The summed E-state index contributed by atoms with van der Waals surface area (Å²) in [5.41, 5.74) is 4.63. The number of aliphatic carboxylic acids is 1. The molecule has 1 aliphatic rings. The number of carbonyl (C=O) groups is 3. The summed E-state index contributed by atoms with van der Waals surface area (Å²) in [5.74, 6) is -2.17. The highest BCUT2D eigenvalue weighted by Crippen LogP contribution is 2.44. The Morgan fingerprint density at radius 3 is 2.33 bits per heavy atom. The number of nitrogens with one attached hydrogen (secondary N) is 2. The Morgan fingerprint density at radius 1 is 1.09 bits per heavy atom. The van der Waals surface area contributed by atoms with Crippen molar-refractivity contribution in [2.45, 2.75) is 19.3 Å². The number of hydrogen-bond acceptors (Lipinski definition) is 6. The van der Waals surface area contributed by atoms with Gasteiger partial charge in [-0.15, -0.1) is 11.3 Å². The van der Waals surface area contributed by atoms with Crippen molar-refractivity contribution in [1.82, 2.24) is 10.3 Å². The number of ether oxygens (including phenoxy) is 1. The van der Waals surface area contributed by atoms with Gasteiger partial charge in [0.15, 0.2) is 5.13 Å². The number of thiazole rings is 1. The molecule has 9 heteroatoms. The van der Waals surface area contributed by atoms with Crippen molar-refractivity contribution in [3.63, 3.8) is 0 Å². The fraction of sp³-hybridized carbons (Fsp3) is 0.250. The van der Waals surface area contributed by atoms with Crippen LogP contribution in [0.1, 0.15) is 40.9 Å². The first-order valence-electron chi connectivity index (χ1n) is 10.6. The molecule has 0 fully saturated rings. The molecule has 33 heavy (non-hydrogen) atoms. The second-order valence-electron chi connectivity index (χ2n) is 7.64. The van der Waals surface area contributed by atoms with E-state index in [-0.39, 0.29) is 29.9 Å². The van der Waals surface area contributed by atoms with E-state index in [0.29, 0.717) is 6.42 Å². The van der Waals surface area contributed by atoms with Crippen molar-refractivity contribution in [3.8, 4) is 11.1 Å². The van der Waals surface area contributed by atoms with E-state index >= 15 is 0 Å². The fourth-order valence-electron chi connectivity index (χ4n) is 3.87. The summed E-state index contributed by atoms with van der Waals surface area (Å²) in [6.45, 7) is 1.92. The van der Waals surface area contributed by atoms with Crippen LogP contribution in [0.2, 0.25) is 0 Å². The predicted octanol–water partition coefficient (Wildman–Crippen LogP) is 4.34. The third-order valence-electron chi connectivity index (χ3n) is 5.64. The molecule has 3 aromatic rings. The summed E-state index contributed by atoms with van der Waals surface area (Å²) in [5, 5.41) is 15.9. The molecule has 1 aromatic heterocycles. The van der Waals surface area contributed by atoms with Crippen LogP contribution in [-0.2, 0) is 9.53 Å². The van der Waals surface area contributed by atoms with E-state index in [1.165, 1.54) is 5.38 Å². The molecule has 2 aromatic carbocycles. The van der Waals surface area contributed by atoms with Gasteiger partial charge in [0, 0.05) is 17.8 Å². The number of amides is 2. The summed E-state index contributed by atoms with van der Waals surface area (Å²) in [4.78, 5) is 39.8. The Bertz CT molecular complexity index is 1150. The van der Waals surface area contributed by atoms with Gasteiger partial charge >= 0.3 is 12.1 Å². The zero-order valence-corrected chi connectivity index (χ0v) is 18.7. The molecule has 3 N–H and O–H groups in total. The molecule has 2 amide bonds. The van der Waals surface area contributed by atoms with E-state index < -0.39 is 23.9 Å². The number of fused-ring (bicyclic) bond motifs is 3. The van der Waals surface area contributed by atoms with Gasteiger partial charge < -0.3 is 15.2 Å². The van der Waals surface area contributed by atoms with Gasteiger partial charge in [0.1, 0.15) is 12.3 Å². The minimum Gasteiger partial charge on any atom is -0.481 e. The molecule has 0 saturated heterocycles. The smallest absolute Gasteiger partial charge is 0.413 e. The zero-order chi connectivity index (χ0) is 23.4. The second kappa shape index (κ2) is 9.83. The van der Waals surface area contributed by atoms with Crippen LogP contribution in [0.15, 0.2) is 53.9 Å². The molecular formula is C24H23N3O5S. The second-order valence-corrected chi connectivity index (χ2v) is 8.50. The fourth-order valence-corrected chi connectivity index (χ4v) is 4.55. The predicted molar refractivity (Wildman–Crippen MR) is 125 cm³/mol. The quantitative estimate of drug-likeness (QED) is 0.455. The maximum Gasteiger partial charge on any atom is 0.413 e. The van der Waals surface area contributed by atoms with Gasteiger partial charge in [0.05, 0.1) is 5.92 Å². The number of rotatable bonds is 8. The summed E-state index contributed by atoms with van der Waals surface area (Å²) >= 11 is 1.09. The van der Waals surface area contributed by atoms with Crippen LogP contribution < -0.4 is 10.6 Å². The molecule has 1 aliphatic carbocycles. The number of carboxylic acids is 1. The molecule has 4 rings (SSSR count). The van der Waals surface area contributed by atoms with Crippen LogP contribution in [0.3, 0.4) is 0 Å². The molecule has 0 radical (unpaired) electrons. The van der Waals surface area contributed by atoms with Crippen molar-refractivity contribution in [2.75, 3.05) is 18.5 Å². The van der Waals surface area contributed by atoms with Gasteiger partial charge in [-0.1, -0.05) is 55.5 Å². The molecule has 0 saturated carbocycles. The van der Waals surface area contributed by atoms with Crippen LogP contribution in [0.4, 0.5) is 9.93 Å². The maximum absolute atomic E-state index is 12.4. The molecule has 0 bridgehead atoms. The SMILES string of the molecule is CCC(CNC(=O)c1csc(NC(=O)OCC2c3ccccc3-c3ccccc32)n1)C(=O)O. The first-order valence-corrected chi connectivity index (χ1v) is 11.4. The number of hydrogen-bond donors (Lipinski definition) is 3. The van der Waals surface area contributed by atoms with Gasteiger partial charge in [-0.3, -0.25) is 14.9 Å². The summed E-state index contributed by atoms with van der Waals surface area (Å²) in [6.07, 6.45) is -0.253. The van der Waals surface area contributed by atoms with Crippen LogP contribution in [0, 0.1) is 5.92 Å². The van der Waals surface area contributed by atoms with Gasteiger partial charge in [-0.05, 0) is 28.7 Å². The maximum atomic E-state index is 12.4. The minimum absolute atomic E-state index is 0.0112. The molecule has 1 unspecified atom stereocenters. The van der Waals surface area contributed by atoms with Crippen LogP contribution in [0.25, 0.3) is 11.1 Å². The average Bonchev–Trinajstić information content (AvgIpc) is 3.40. The van der Waals surface area contributed by atoms with E-state index in [1.54, 1.807) is 6.92 Å². The Balaban J connectivity index is 1.34. The van der Waals surface area contributed by atoms with E-state index in [2.05, 4.69) is 27.8 Å². The number of aromatic nitrogens is 1. The molecular weight excluding hydrogens is 442 g/mol. The lowest BCUT2D eigenvalue weighted by atomic mass is 9.98. The van der Waals surface area contributed by atoms with Crippen molar-refractivity contribution < 1.29 is 24.2 Å². The van der Waals surface area contributed by atoms with Crippen molar-refractivity contribution in [3.05, 3.63) is 70.7 Å². The largest absolute Gasteiger partial charge is 0.481 e. The Kier molecular flexibility index (Phi) is 6.69. The summed E-state index contributed by atoms with van der Waals surface area (Å²) in [6, 6.07) is 16.1. The van der Waals surface area contributed by atoms with E-state index in [9.17, 15) is 14.4 Å². The summed E-state index contributed by atoms with van der Waals surface area (Å²) in [7, 11) is 0.